The van der Waals surface area contributed by atoms with Crippen LogP contribution >= 0.6 is 0 Å². The normalized spacial score (nSPS) is 44.0. The first-order chi connectivity index (χ1) is 6.46. The molecule has 2 saturated carbocycles. The fraction of sp³-hybridized carbons (Fsp3) is 0.909. The number of hydrogen-bond acceptors (Lipinski definition) is 2. The second-order valence-corrected chi connectivity index (χ2v) is 5.26. The van der Waals surface area contributed by atoms with E-state index in [2.05, 4.69) is 19.2 Å². The molecule has 0 heterocycles. The molecule has 0 aromatic rings. The van der Waals surface area contributed by atoms with E-state index in [0.29, 0.717) is 5.92 Å². The second kappa shape index (κ2) is 2.72. The third-order valence-electron chi connectivity index (χ3n) is 4.77. The van der Waals surface area contributed by atoms with E-state index in [4.69, 9.17) is 0 Å². The summed E-state index contributed by atoms with van der Waals surface area (Å²) in [6.07, 6.45) is 2.26. The molecule has 0 aromatic carbocycles. The first kappa shape index (κ1) is 9.97. The van der Waals surface area contributed by atoms with Crippen molar-refractivity contribution in [2.24, 2.45) is 16.7 Å². The van der Waals surface area contributed by atoms with Gasteiger partial charge in [-0.2, -0.15) is 0 Å². The highest BCUT2D eigenvalue weighted by molar-refractivity contribution is 5.85. The molecule has 0 saturated heterocycles. The maximum atomic E-state index is 11.9. The zero-order valence-corrected chi connectivity index (χ0v) is 9.13. The molecule has 0 aromatic heterocycles. The smallest absolute Gasteiger partial charge is 0.229 e. The minimum atomic E-state index is -0.521. The van der Waals surface area contributed by atoms with Gasteiger partial charge in [0.15, 0.2) is 0 Å². The summed E-state index contributed by atoms with van der Waals surface area (Å²) in [5, 5.41) is 12.8. The van der Waals surface area contributed by atoms with Gasteiger partial charge in [-0.25, -0.2) is 0 Å². The monoisotopic (exact) mass is 197 g/mol. The van der Waals surface area contributed by atoms with Crippen LogP contribution in [0.25, 0.3) is 0 Å². The van der Waals surface area contributed by atoms with Gasteiger partial charge in [0.25, 0.3) is 0 Å². The number of aliphatic hydroxyl groups excluding tert-OH is 1. The fourth-order valence-corrected chi connectivity index (χ4v) is 3.71. The number of carbonyl (C=O) groups is 1. The Morgan fingerprint density at radius 1 is 1.50 bits per heavy atom. The molecule has 2 aliphatic rings. The van der Waals surface area contributed by atoms with Crippen LogP contribution in [0.4, 0.5) is 0 Å². The van der Waals surface area contributed by atoms with E-state index >= 15 is 0 Å². The van der Waals surface area contributed by atoms with Crippen LogP contribution in [0, 0.1) is 16.7 Å². The zero-order chi connectivity index (χ0) is 10.6. The zero-order valence-electron chi connectivity index (χ0n) is 9.13. The van der Waals surface area contributed by atoms with Crippen molar-refractivity contribution < 1.29 is 9.90 Å². The third kappa shape index (κ3) is 0.842. The van der Waals surface area contributed by atoms with E-state index in [0.717, 1.165) is 19.3 Å². The Labute approximate surface area is 84.9 Å². The Morgan fingerprint density at radius 2 is 2.14 bits per heavy atom. The summed E-state index contributed by atoms with van der Waals surface area (Å²) in [6.45, 7) is 4.24. The van der Waals surface area contributed by atoms with Crippen LogP contribution in [0.1, 0.15) is 33.1 Å². The van der Waals surface area contributed by atoms with Gasteiger partial charge in [0, 0.05) is 7.05 Å². The first-order valence-corrected chi connectivity index (χ1v) is 5.37. The number of aliphatic hydroxyl groups is 1. The molecule has 0 radical (unpaired) electrons. The first-order valence-electron chi connectivity index (χ1n) is 5.37. The molecule has 2 N–H and O–H groups in total. The van der Waals surface area contributed by atoms with E-state index in [1.54, 1.807) is 7.05 Å². The lowest BCUT2D eigenvalue weighted by Crippen LogP contribution is -2.50. The van der Waals surface area contributed by atoms with Gasteiger partial charge < -0.3 is 10.4 Å². The molecule has 3 nitrogen and oxygen atoms in total. The van der Waals surface area contributed by atoms with Gasteiger partial charge in [-0.15, -0.1) is 0 Å². The van der Waals surface area contributed by atoms with Gasteiger partial charge >= 0.3 is 0 Å². The number of amides is 1. The number of carbonyl (C=O) groups excluding carboxylic acids is 1. The highest BCUT2D eigenvalue weighted by Crippen LogP contribution is 2.65. The molecule has 80 valence electrons. The molecule has 2 aliphatic carbocycles. The second-order valence-electron chi connectivity index (χ2n) is 5.26. The van der Waals surface area contributed by atoms with Crippen LogP contribution in [-0.4, -0.2) is 24.2 Å². The van der Waals surface area contributed by atoms with Crippen LogP contribution in [0.2, 0.25) is 0 Å². The SMILES string of the molecule is CNC(=O)[C@@]12CC[C@H](C[C@H]1O)C2(C)C. The lowest BCUT2D eigenvalue weighted by atomic mass is 9.67. The molecule has 1 amide bonds. The highest BCUT2D eigenvalue weighted by Gasteiger charge is 2.67. The van der Waals surface area contributed by atoms with Gasteiger partial charge in [0.05, 0.1) is 11.5 Å². The standard InChI is InChI=1S/C11H19NO2/c1-10(2)7-4-5-11(10,8(13)6-7)9(14)12-3/h7-8,13H,4-6H2,1-3H3,(H,12,14)/t7-,8-,11-/m1/s1. The molecule has 2 fully saturated rings. The quantitative estimate of drug-likeness (QED) is 0.656. The summed E-state index contributed by atoms with van der Waals surface area (Å²) < 4.78 is 0. The Bertz CT molecular complexity index is 274. The molecule has 0 spiro atoms. The average Bonchev–Trinajstić information content (AvgIpc) is 2.49. The van der Waals surface area contributed by atoms with E-state index in [9.17, 15) is 9.90 Å². The maximum Gasteiger partial charge on any atom is 0.229 e. The van der Waals surface area contributed by atoms with Gasteiger partial charge in [-0.05, 0) is 30.6 Å². The summed E-state index contributed by atoms with van der Waals surface area (Å²) in [4.78, 5) is 11.9. The number of rotatable bonds is 1. The van der Waals surface area contributed by atoms with E-state index in [1.807, 2.05) is 0 Å². The minimum Gasteiger partial charge on any atom is -0.392 e. The molecule has 3 heteroatoms. The summed E-state index contributed by atoms with van der Waals surface area (Å²) in [6, 6.07) is 0. The summed E-state index contributed by atoms with van der Waals surface area (Å²) >= 11 is 0. The summed E-state index contributed by atoms with van der Waals surface area (Å²) in [5.41, 5.74) is -0.571. The lowest BCUT2D eigenvalue weighted by molar-refractivity contribution is -0.142. The van der Waals surface area contributed by atoms with Crippen molar-refractivity contribution in [1.82, 2.24) is 5.32 Å². The Morgan fingerprint density at radius 3 is 2.50 bits per heavy atom. The maximum absolute atomic E-state index is 11.9. The largest absolute Gasteiger partial charge is 0.392 e. The predicted molar refractivity (Wildman–Crippen MR) is 53.6 cm³/mol. The van der Waals surface area contributed by atoms with Gasteiger partial charge in [-0.3, -0.25) is 4.79 Å². The van der Waals surface area contributed by atoms with Crippen molar-refractivity contribution in [2.45, 2.75) is 39.2 Å². The Balaban J connectivity index is 2.44. The highest BCUT2D eigenvalue weighted by atomic mass is 16.3. The number of fused-ring (bicyclic) bond motifs is 2. The molecule has 3 atom stereocenters. The van der Waals surface area contributed by atoms with E-state index in [-0.39, 0.29) is 11.3 Å². The van der Waals surface area contributed by atoms with Crippen LogP contribution in [0.15, 0.2) is 0 Å². The molecule has 0 unspecified atom stereocenters. The molecular formula is C11H19NO2. The van der Waals surface area contributed by atoms with Gasteiger partial charge in [0.2, 0.25) is 5.91 Å². The van der Waals surface area contributed by atoms with Crippen molar-refractivity contribution >= 4 is 5.91 Å². The predicted octanol–water partition coefficient (Wildman–Crippen LogP) is 0.920. The molecule has 2 rings (SSSR count). The van der Waals surface area contributed by atoms with Gasteiger partial charge in [0.1, 0.15) is 0 Å². The Hall–Kier alpha value is -0.570. The van der Waals surface area contributed by atoms with Crippen molar-refractivity contribution in [2.75, 3.05) is 7.05 Å². The van der Waals surface area contributed by atoms with Crippen molar-refractivity contribution in [3.8, 4) is 0 Å². The van der Waals surface area contributed by atoms with E-state index < -0.39 is 11.5 Å². The van der Waals surface area contributed by atoms with Crippen LogP contribution in [0.3, 0.4) is 0 Å². The van der Waals surface area contributed by atoms with Crippen molar-refractivity contribution in [3.63, 3.8) is 0 Å². The molecular weight excluding hydrogens is 178 g/mol. The Kier molecular flexibility index (Phi) is 1.94. The molecule has 0 aliphatic heterocycles. The molecule has 14 heavy (non-hydrogen) atoms. The topological polar surface area (TPSA) is 49.3 Å². The molecule has 2 bridgehead atoms. The minimum absolute atomic E-state index is 0.0231. The van der Waals surface area contributed by atoms with Crippen molar-refractivity contribution in [3.05, 3.63) is 0 Å². The van der Waals surface area contributed by atoms with E-state index in [1.165, 1.54) is 0 Å². The van der Waals surface area contributed by atoms with Crippen LogP contribution in [-0.2, 0) is 4.79 Å². The fourth-order valence-electron chi connectivity index (χ4n) is 3.71. The van der Waals surface area contributed by atoms with Gasteiger partial charge in [-0.1, -0.05) is 13.8 Å². The third-order valence-corrected chi connectivity index (χ3v) is 4.77. The van der Waals surface area contributed by atoms with Crippen LogP contribution in [0.5, 0.6) is 0 Å². The average molecular weight is 197 g/mol. The van der Waals surface area contributed by atoms with Crippen LogP contribution < -0.4 is 5.32 Å². The number of hydrogen-bond donors (Lipinski definition) is 2. The summed E-state index contributed by atoms with van der Waals surface area (Å²) in [7, 11) is 1.66. The summed E-state index contributed by atoms with van der Waals surface area (Å²) in [5.74, 6) is 0.532. The van der Waals surface area contributed by atoms with Crippen molar-refractivity contribution in [1.29, 1.82) is 0 Å². The lowest BCUT2D eigenvalue weighted by Gasteiger charge is -2.38. The number of nitrogens with one attached hydrogen (secondary N) is 1.